The van der Waals surface area contributed by atoms with Crippen LogP contribution in [0.1, 0.15) is 24.2 Å². The number of hydrogen-bond donors (Lipinski definition) is 2. The predicted molar refractivity (Wildman–Crippen MR) is 177 cm³/mol. The van der Waals surface area contributed by atoms with Crippen molar-refractivity contribution in [2.75, 3.05) is 64.0 Å². The van der Waals surface area contributed by atoms with Crippen LogP contribution in [-0.2, 0) is 21.0 Å². The van der Waals surface area contributed by atoms with Gasteiger partial charge in [0, 0.05) is 56.7 Å². The summed E-state index contributed by atoms with van der Waals surface area (Å²) < 4.78 is 18.7. The molecule has 0 aliphatic heterocycles. The average Bonchev–Trinajstić information content (AvgIpc) is 3.38. The highest BCUT2D eigenvalue weighted by atomic mass is 16.5. The lowest BCUT2D eigenvalue weighted by molar-refractivity contribution is -0.111. The zero-order chi connectivity index (χ0) is 32.7. The molecule has 4 rings (SSSR count). The van der Waals surface area contributed by atoms with Crippen molar-refractivity contribution >= 4 is 45.8 Å². The first-order valence-electron chi connectivity index (χ1n) is 14.5. The molecule has 0 spiro atoms. The molecule has 2 N–H and O–H groups in total. The molecule has 0 atom stereocenters. The zero-order valence-electron chi connectivity index (χ0n) is 26.9. The number of likely N-dealkylation sites (N-methyl/N-ethyl adjacent to an activating group) is 2. The maximum absolute atomic E-state index is 13.2. The summed E-state index contributed by atoms with van der Waals surface area (Å²) in [4.78, 5) is 39.0. The number of nitrogens with one attached hydrogen (secondary N) is 2. The van der Waals surface area contributed by atoms with Crippen LogP contribution in [0.2, 0.25) is 0 Å². The van der Waals surface area contributed by atoms with Crippen LogP contribution in [0.3, 0.4) is 0 Å². The minimum atomic E-state index is -0.535. The molecule has 12 nitrogen and oxygen atoms in total. The molecule has 0 bridgehead atoms. The second kappa shape index (κ2) is 14.7. The van der Waals surface area contributed by atoms with Crippen LogP contribution in [0.5, 0.6) is 5.75 Å². The minimum absolute atomic E-state index is 0.211. The fourth-order valence-corrected chi connectivity index (χ4v) is 4.78. The van der Waals surface area contributed by atoms with Crippen LogP contribution < -0.4 is 20.3 Å². The van der Waals surface area contributed by atoms with Crippen LogP contribution >= 0.6 is 0 Å². The number of anilines is 4. The van der Waals surface area contributed by atoms with E-state index < -0.39 is 5.97 Å². The van der Waals surface area contributed by atoms with E-state index in [1.807, 2.05) is 67.1 Å². The summed E-state index contributed by atoms with van der Waals surface area (Å²) >= 11 is 0. The molecule has 0 radical (unpaired) electrons. The Morgan fingerprint density at radius 3 is 2.51 bits per heavy atom. The van der Waals surface area contributed by atoms with Gasteiger partial charge in [-0.1, -0.05) is 24.8 Å². The maximum atomic E-state index is 13.2. The van der Waals surface area contributed by atoms with Gasteiger partial charge < -0.3 is 39.2 Å². The first kappa shape index (κ1) is 33.0. The Kier molecular flexibility index (Phi) is 10.8. The SMILES string of the molecule is C=CC(=O)Nc1cc(Nc2ncc(C(=O)OC(C)C)c(-c3cn(COC)c4ccccc34)n2)c(OC)cc1N(C)CCN(C)C. The first-order chi connectivity index (χ1) is 21.6. The quantitative estimate of drug-likeness (QED) is 0.146. The molecule has 4 aromatic rings. The van der Waals surface area contributed by atoms with Crippen molar-refractivity contribution in [1.29, 1.82) is 0 Å². The number of para-hydroxylation sites is 1. The number of carbonyl (C=O) groups excluding carboxylic acids is 2. The van der Waals surface area contributed by atoms with Crippen molar-refractivity contribution in [2.45, 2.75) is 26.7 Å². The Morgan fingerprint density at radius 1 is 1.09 bits per heavy atom. The highest BCUT2D eigenvalue weighted by Crippen LogP contribution is 2.39. The van der Waals surface area contributed by atoms with E-state index in [9.17, 15) is 9.59 Å². The van der Waals surface area contributed by atoms with Gasteiger partial charge in [-0.25, -0.2) is 14.8 Å². The molecule has 238 valence electrons. The number of aromatic nitrogens is 3. The van der Waals surface area contributed by atoms with E-state index in [4.69, 9.17) is 19.2 Å². The molecule has 0 aliphatic rings. The van der Waals surface area contributed by atoms with E-state index in [1.165, 1.54) is 12.3 Å². The summed E-state index contributed by atoms with van der Waals surface area (Å²) in [6.07, 6.45) is 4.23. The Hall–Kier alpha value is -4.94. The molecule has 0 saturated carbocycles. The standard InChI is InChI=1S/C33H41N7O5/c1-9-30(41)35-25-16-26(29(44-8)17-28(25)39(6)15-14-38(4)5)36-33-34-18-23(32(42)45-21(2)3)31(37-33)24-19-40(20-43-7)27-13-11-10-12-22(24)27/h9-13,16-19,21H,1,14-15,20H2,2-8H3,(H,35,41)(H,34,36,37). The summed E-state index contributed by atoms with van der Waals surface area (Å²) in [7, 11) is 9.13. The molecule has 45 heavy (non-hydrogen) atoms. The van der Waals surface area contributed by atoms with E-state index in [-0.39, 0.29) is 23.5 Å². The van der Waals surface area contributed by atoms with E-state index in [2.05, 4.69) is 27.1 Å². The lowest BCUT2D eigenvalue weighted by atomic mass is 10.1. The summed E-state index contributed by atoms with van der Waals surface area (Å²) in [5, 5.41) is 7.01. The van der Waals surface area contributed by atoms with Gasteiger partial charge in [-0.2, -0.15) is 0 Å². The van der Waals surface area contributed by atoms with Crippen molar-refractivity contribution in [3.05, 3.63) is 67.0 Å². The van der Waals surface area contributed by atoms with Gasteiger partial charge in [0.15, 0.2) is 0 Å². The molecular weight excluding hydrogens is 574 g/mol. The highest BCUT2D eigenvalue weighted by Gasteiger charge is 2.23. The smallest absolute Gasteiger partial charge is 0.342 e. The normalized spacial score (nSPS) is 11.1. The molecule has 0 unspecified atom stereocenters. The molecule has 1 amide bonds. The number of methoxy groups -OCH3 is 2. The summed E-state index contributed by atoms with van der Waals surface area (Å²) in [6, 6.07) is 11.4. The lowest BCUT2D eigenvalue weighted by Crippen LogP contribution is -2.29. The van der Waals surface area contributed by atoms with Crippen molar-refractivity contribution in [3.63, 3.8) is 0 Å². The van der Waals surface area contributed by atoms with Gasteiger partial charge in [-0.15, -0.1) is 0 Å². The molecule has 0 fully saturated rings. The highest BCUT2D eigenvalue weighted by molar-refractivity contribution is 6.04. The van der Waals surface area contributed by atoms with Gasteiger partial charge in [0.1, 0.15) is 18.0 Å². The summed E-state index contributed by atoms with van der Waals surface area (Å²) in [5.41, 5.74) is 4.06. The van der Waals surface area contributed by atoms with Gasteiger partial charge in [0.2, 0.25) is 11.9 Å². The number of esters is 1. The molecule has 0 aliphatic carbocycles. The van der Waals surface area contributed by atoms with E-state index >= 15 is 0 Å². The van der Waals surface area contributed by atoms with Gasteiger partial charge in [-0.05, 0) is 46.2 Å². The second-order valence-corrected chi connectivity index (χ2v) is 11.0. The van der Waals surface area contributed by atoms with E-state index in [0.29, 0.717) is 41.7 Å². The number of amides is 1. The summed E-state index contributed by atoms with van der Waals surface area (Å²) in [5.74, 6) is -0.175. The second-order valence-electron chi connectivity index (χ2n) is 11.0. The Labute approximate surface area is 263 Å². The predicted octanol–water partition coefficient (Wildman–Crippen LogP) is 5.14. The zero-order valence-corrected chi connectivity index (χ0v) is 26.9. The van der Waals surface area contributed by atoms with Crippen molar-refractivity contribution in [1.82, 2.24) is 19.4 Å². The monoisotopic (exact) mass is 615 g/mol. The molecule has 2 aromatic heterocycles. The molecule has 2 aromatic carbocycles. The third kappa shape index (κ3) is 7.78. The molecule has 2 heterocycles. The number of nitrogens with zero attached hydrogens (tertiary/aromatic N) is 5. The Morgan fingerprint density at radius 2 is 1.84 bits per heavy atom. The number of carbonyl (C=O) groups is 2. The van der Waals surface area contributed by atoms with Crippen molar-refractivity contribution in [2.24, 2.45) is 0 Å². The topological polar surface area (TPSA) is 123 Å². The van der Waals surface area contributed by atoms with E-state index in [1.54, 1.807) is 34.1 Å². The van der Waals surface area contributed by atoms with Crippen LogP contribution in [-0.4, -0.2) is 85.9 Å². The van der Waals surface area contributed by atoms with Gasteiger partial charge >= 0.3 is 5.97 Å². The Bertz CT molecular complexity index is 1680. The third-order valence-electron chi connectivity index (χ3n) is 6.96. The largest absolute Gasteiger partial charge is 0.494 e. The van der Waals surface area contributed by atoms with Crippen molar-refractivity contribution < 1.29 is 23.8 Å². The van der Waals surface area contributed by atoms with Gasteiger partial charge in [-0.3, -0.25) is 4.79 Å². The Balaban J connectivity index is 1.84. The van der Waals surface area contributed by atoms with Gasteiger partial charge in [0.25, 0.3) is 0 Å². The maximum Gasteiger partial charge on any atom is 0.342 e. The number of hydrogen-bond acceptors (Lipinski definition) is 10. The number of ether oxygens (including phenoxy) is 3. The van der Waals surface area contributed by atoms with Crippen LogP contribution in [0.15, 0.2) is 61.4 Å². The van der Waals surface area contributed by atoms with Crippen LogP contribution in [0.4, 0.5) is 23.0 Å². The first-order valence-corrected chi connectivity index (χ1v) is 14.5. The molecule has 0 saturated heterocycles. The summed E-state index contributed by atoms with van der Waals surface area (Å²) in [6.45, 7) is 8.98. The third-order valence-corrected chi connectivity index (χ3v) is 6.96. The number of fused-ring (bicyclic) bond motifs is 1. The van der Waals surface area contributed by atoms with Crippen molar-refractivity contribution in [3.8, 4) is 17.0 Å². The van der Waals surface area contributed by atoms with Gasteiger partial charge in [0.05, 0.1) is 41.5 Å². The lowest BCUT2D eigenvalue weighted by Gasteiger charge is -2.26. The van der Waals surface area contributed by atoms with E-state index in [0.717, 1.165) is 23.1 Å². The number of benzene rings is 2. The number of rotatable bonds is 14. The minimum Gasteiger partial charge on any atom is -0.494 e. The van der Waals surface area contributed by atoms with Crippen LogP contribution in [0, 0.1) is 0 Å². The average molecular weight is 616 g/mol. The fourth-order valence-electron chi connectivity index (χ4n) is 4.78. The molecule has 12 heteroatoms. The molecular formula is C33H41N7O5. The fraction of sp³-hybridized carbons (Fsp3) is 0.333. The van der Waals surface area contributed by atoms with Crippen LogP contribution in [0.25, 0.3) is 22.2 Å².